The van der Waals surface area contributed by atoms with Gasteiger partial charge < -0.3 is 40.2 Å². The molecule has 6 rings (SSSR count). The Kier molecular flexibility index (Phi) is 14.1. The van der Waals surface area contributed by atoms with E-state index >= 15 is 0 Å². The number of carboxylic acid groups (broad SMARTS) is 1. The highest BCUT2D eigenvalue weighted by Gasteiger charge is 2.29. The van der Waals surface area contributed by atoms with Gasteiger partial charge >= 0.3 is 5.97 Å². The number of ether oxygens (including phenoxy) is 3. The number of carboxylic acids is 1. The summed E-state index contributed by atoms with van der Waals surface area (Å²) in [6.07, 6.45) is 2.62. The minimum Gasteiger partial charge on any atom is -0.492 e. The van der Waals surface area contributed by atoms with Gasteiger partial charge in [0.15, 0.2) is 0 Å². The number of nitrogens with one attached hydrogen (secondary N) is 2. The van der Waals surface area contributed by atoms with Crippen LogP contribution < -0.4 is 24.8 Å². The third-order valence-corrected chi connectivity index (χ3v) is 9.83. The van der Waals surface area contributed by atoms with Crippen molar-refractivity contribution in [3.63, 3.8) is 0 Å². The maximum atomic E-state index is 11.0. The van der Waals surface area contributed by atoms with Crippen molar-refractivity contribution in [2.45, 2.75) is 44.6 Å². The van der Waals surface area contributed by atoms with Crippen molar-refractivity contribution in [1.29, 1.82) is 5.26 Å². The predicted octanol–water partition coefficient (Wildman–Crippen LogP) is 6.52. The number of pyridine rings is 2. The zero-order valence-corrected chi connectivity index (χ0v) is 31.9. The molecule has 0 amide bonds. The maximum Gasteiger partial charge on any atom is 0.306 e. The second-order valence-corrected chi connectivity index (χ2v) is 13.9. The molecule has 2 heterocycles. The molecule has 1 aliphatic rings. The average Bonchev–Trinajstić information content (AvgIpc) is 3.61. The Morgan fingerprint density at radius 1 is 0.964 bits per heavy atom. The second kappa shape index (κ2) is 19.6. The summed E-state index contributed by atoms with van der Waals surface area (Å²) in [6.45, 7) is 1.99. The van der Waals surface area contributed by atoms with E-state index in [2.05, 4.69) is 32.7 Å². The Morgan fingerprint density at radius 2 is 1.75 bits per heavy atom. The highest BCUT2D eigenvalue weighted by atomic mass is 35.5. The molecular formula is C42H41Cl2N5O7. The number of aliphatic hydroxyl groups is 2. The number of halogens is 2. The summed E-state index contributed by atoms with van der Waals surface area (Å²) < 4.78 is 18.4. The van der Waals surface area contributed by atoms with E-state index in [9.17, 15) is 15.2 Å². The molecule has 2 aromatic heterocycles. The lowest BCUT2D eigenvalue weighted by Crippen LogP contribution is -2.28. The van der Waals surface area contributed by atoms with Crippen molar-refractivity contribution >= 4 is 29.2 Å². The first-order valence-electron chi connectivity index (χ1n) is 18.1. The fourth-order valence-corrected chi connectivity index (χ4v) is 7.07. The van der Waals surface area contributed by atoms with Crippen LogP contribution in [0.25, 0.3) is 22.3 Å². The normalized spacial score (nSPS) is 13.8. The van der Waals surface area contributed by atoms with Crippen LogP contribution in [-0.4, -0.2) is 70.2 Å². The van der Waals surface area contributed by atoms with Crippen LogP contribution in [0.1, 0.15) is 46.8 Å². The zero-order valence-electron chi connectivity index (χ0n) is 30.4. The first-order chi connectivity index (χ1) is 27.2. The topological polar surface area (TPSA) is 179 Å². The molecule has 0 saturated heterocycles. The van der Waals surface area contributed by atoms with Crippen molar-refractivity contribution in [1.82, 2.24) is 20.6 Å². The lowest BCUT2D eigenvalue weighted by Gasteiger charge is -2.19. The molecule has 56 heavy (non-hydrogen) atoms. The summed E-state index contributed by atoms with van der Waals surface area (Å²) >= 11 is 13.9. The average molecular weight is 799 g/mol. The van der Waals surface area contributed by atoms with Crippen molar-refractivity contribution in [3.05, 3.63) is 123 Å². The van der Waals surface area contributed by atoms with Crippen molar-refractivity contribution < 1.29 is 34.3 Å². The molecule has 0 radical (unpaired) electrons. The fraction of sp³-hybridized carbons (Fsp3) is 0.286. The number of fused-ring (bicyclic) bond motifs is 1. The lowest BCUT2D eigenvalue weighted by molar-refractivity contribution is -0.139. The van der Waals surface area contributed by atoms with Crippen LogP contribution >= 0.6 is 23.2 Å². The molecule has 2 atom stereocenters. The molecule has 1 aliphatic carbocycles. The van der Waals surface area contributed by atoms with E-state index < -0.39 is 18.5 Å². The van der Waals surface area contributed by atoms with E-state index in [1.54, 1.807) is 18.3 Å². The van der Waals surface area contributed by atoms with E-state index in [4.69, 9.17) is 47.6 Å². The lowest BCUT2D eigenvalue weighted by atomic mass is 9.94. The molecule has 5 N–H and O–H groups in total. The number of rotatable bonds is 19. The van der Waals surface area contributed by atoms with Crippen LogP contribution in [0.3, 0.4) is 0 Å². The largest absolute Gasteiger partial charge is 0.492 e. The third-order valence-electron chi connectivity index (χ3n) is 9.15. The van der Waals surface area contributed by atoms with Gasteiger partial charge in [-0.1, -0.05) is 71.7 Å². The van der Waals surface area contributed by atoms with Gasteiger partial charge in [-0.2, -0.15) is 10.2 Å². The van der Waals surface area contributed by atoms with Gasteiger partial charge in [0.25, 0.3) is 0 Å². The monoisotopic (exact) mass is 797 g/mol. The van der Waals surface area contributed by atoms with Crippen molar-refractivity contribution in [3.8, 4) is 45.8 Å². The third kappa shape index (κ3) is 10.3. The Morgan fingerprint density at radius 3 is 2.54 bits per heavy atom. The minimum absolute atomic E-state index is 0.0243. The Labute approximate surface area is 334 Å². The summed E-state index contributed by atoms with van der Waals surface area (Å²) in [7, 11) is 0. The molecule has 12 nitrogen and oxygen atoms in total. The van der Waals surface area contributed by atoms with Crippen LogP contribution in [0.15, 0.2) is 85.2 Å². The van der Waals surface area contributed by atoms with Crippen LogP contribution in [-0.2, 0) is 24.4 Å². The van der Waals surface area contributed by atoms with Crippen LogP contribution in [0.5, 0.6) is 17.5 Å². The Bertz CT molecular complexity index is 2180. The van der Waals surface area contributed by atoms with Gasteiger partial charge in [-0.3, -0.25) is 9.78 Å². The second-order valence-electron chi connectivity index (χ2n) is 13.1. The molecule has 14 heteroatoms. The molecule has 0 fully saturated rings. The molecule has 290 valence electrons. The molecule has 0 spiro atoms. The van der Waals surface area contributed by atoms with Crippen molar-refractivity contribution in [2.24, 2.45) is 0 Å². The molecule has 0 unspecified atom stereocenters. The summed E-state index contributed by atoms with van der Waals surface area (Å²) in [5.74, 6) is 0.0386. The summed E-state index contributed by atoms with van der Waals surface area (Å²) in [4.78, 5) is 19.8. The first kappa shape index (κ1) is 40.4. The van der Waals surface area contributed by atoms with Crippen LogP contribution in [0.4, 0.5) is 0 Å². The van der Waals surface area contributed by atoms with Gasteiger partial charge in [-0.15, -0.1) is 0 Å². The molecule has 0 saturated carbocycles. The molecular weight excluding hydrogens is 757 g/mol. The van der Waals surface area contributed by atoms with E-state index in [0.29, 0.717) is 47.8 Å². The summed E-state index contributed by atoms with van der Waals surface area (Å²) in [5, 5.41) is 44.3. The number of nitrogens with zero attached hydrogens (tertiary/aromatic N) is 3. The quantitative estimate of drug-likeness (QED) is 0.0573. The van der Waals surface area contributed by atoms with E-state index in [-0.39, 0.29) is 49.2 Å². The predicted molar refractivity (Wildman–Crippen MR) is 212 cm³/mol. The molecule has 0 bridgehead atoms. The smallest absolute Gasteiger partial charge is 0.306 e. The molecule has 3 aromatic carbocycles. The molecule has 0 aliphatic heterocycles. The van der Waals surface area contributed by atoms with Gasteiger partial charge in [0.2, 0.25) is 11.8 Å². The molecule has 5 aromatic rings. The van der Waals surface area contributed by atoms with Gasteiger partial charge in [-0.25, -0.2) is 0 Å². The van der Waals surface area contributed by atoms with E-state index in [1.165, 1.54) is 6.20 Å². The number of carbonyl (C=O) groups is 1. The first-order valence-corrected chi connectivity index (χ1v) is 18.9. The van der Waals surface area contributed by atoms with Crippen LogP contribution in [0.2, 0.25) is 10.0 Å². The van der Waals surface area contributed by atoms with Gasteiger partial charge in [0.1, 0.15) is 36.2 Å². The highest BCUT2D eigenvalue weighted by molar-refractivity contribution is 6.36. The Balaban J connectivity index is 1.21. The number of hydrogen-bond acceptors (Lipinski definition) is 11. The summed E-state index contributed by atoms with van der Waals surface area (Å²) in [6, 6.07) is 25.3. The van der Waals surface area contributed by atoms with Crippen LogP contribution in [0, 0.1) is 11.3 Å². The standard InChI is InChI=1S/C42H41Cl2N5O7/c43-37-18-29(23-48-24-30(51)19-39(52)53)41(55-25-27-17-26(20-45)21-47-22-27)49-42(37)56-38-12-11-34-33(4-2-5-35(34)38)36-6-1-3-32(40(36)44)28-7-9-31(10-8-28)54-16-14-46-13-15-50/h1-10,17-18,21-22,30,38,46,48,50-51H,11-16,19,23-25H2,(H,52,53)/t30-,38-/m0/s1. The summed E-state index contributed by atoms with van der Waals surface area (Å²) in [5.41, 5.74) is 7.50. The highest BCUT2D eigenvalue weighted by Crippen LogP contribution is 2.45. The van der Waals surface area contributed by atoms with Gasteiger partial charge in [0, 0.05) is 60.8 Å². The number of hydrogen-bond donors (Lipinski definition) is 5. The number of benzene rings is 3. The van der Waals surface area contributed by atoms with Gasteiger partial charge in [-0.05, 0) is 59.4 Å². The number of aliphatic hydroxyl groups excluding tert-OH is 2. The van der Waals surface area contributed by atoms with Crippen molar-refractivity contribution in [2.75, 3.05) is 32.8 Å². The number of nitriles is 1. The minimum atomic E-state index is -1.10. The number of aliphatic carboxylic acids is 1. The van der Waals surface area contributed by atoms with E-state index in [0.717, 1.165) is 45.6 Å². The van der Waals surface area contributed by atoms with Gasteiger partial charge in [0.05, 0.1) is 29.7 Å². The van der Waals surface area contributed by atoms with E-state index in [1.807, 2.05) is 54.6 Å². The number of aromatic nitrogens is 2. The SMILES string of the molecule is N#Cc1cncc(COc2nc(O[C@H]3CCc4c(-c5cccc(-c6ccc(OCCNCCO)cc6)c5Cl)cccc43)c(Cl)cc2CNC[C@@H](O)CC(=O)O)c1. The zero-order chi connectivity index (χ0) is 39.4. The Hall–Kier alpha value is -5.26. The maximum absolute atomic E-state index is 11.0. The fourth-order valence-electron chi connectivity index (χ4n) is 6.52.